The van der Waals surface area contributed by atoms with Crippen LogP contribution in [0.5, 0.6) is 0 Å². The standard InChI is InChI=1S/C20H28O3S/c1-2-3-4-5-9-12-19(24-15-10-7-6-8-11-15)20-16(14-21)17(22)13-18(20)23/h6-12,16,18-21,23H,2-5,13-14H2,1H3. The first kappa shape index (κ1) is 19.2. The monoisotopic (exact) mass is 348 g/mol. The summed E-state index contributed by atoms with van der Waals surface area (Å²) in [7, 11) is 0. The molecule has 0 bridgehead atoms. The molecule has 4 unspecified atom stereocenters. The van der Waals surface area contributed by atoms with Gasteiger partial charge < -0.3 is 10.2 Å². The van der Waals surface area contributed by atoms with Crippen LogP contribution in [-0.2, 0) is 4.79 Å². The van der Waals surface area contributed by atoms with Crippen LogP contribution in [0.2, 0.25) is 0 Å². The number of rotatable bonds is 9. The van der Waals surface area contributed by atoms with Crippen LogP contribution < -0.4 is 0 Å². The Morgan fingerprint density at radius 2 is 2.04 bits per heavy atom. The Balaban J connectivity index is 2.13. The van der Waals surface area contributed by atoms with Gasteiger partial charge >= 0.3 is 0 Å². The van der Waals surface area contributed by atoms with Crippen molar-refractivity contribution in [2.75, 3.05) is 6.61 Å². The molecule has 4 atom stereocenters. The highest BCUT2D eigenvalue weighted by atomic mass is 32.2. The van der Waals surface area contributed by atoms with Crippen molar-refractivity contribution in [3.8, 4) is 0 Å². The summed E-state index contributed by atoms with van der Waals surface area (Å²) in [6.45, 7) is 2.00. The van der Waals surface area contributed by atoms with Crippen LogP contribution in [0.25, 0.3) is 0 Å². The fourth-order valence-electron chi connectivity index (χ4n) is 3.29. The number of benzene rings is 1. The Bertz CT molecular complexity index is 529. The number of Topliss-reactive ketones (excluding diaryl/α,β-unsaturated/α-hetero) is 1. The fraction of sp³-hybridized carbons (Fsp3) is 0.550. The molecule has 1 aromatic carbocycles. The number of thioether (sulfide) groups is 1. The number of carbonyl (C=O) groups excluding carboxylic acids is 1. The van der Waals surface area contributed by atoms with Crippen LogP contribution in [-0.4, -0.2) is 34.0 Å². The largest absolute Gasteiger partial charge is 0.396 e. The van der Waals surface area contributed by atoms with Gasteiger partial charge in [-0.2, -0.15) is 0 Å². The first-order chi connectivity index (χ1) is 11.7. The highest BCUT2D eigenvalue weighted by molar-refractivity contribution is 8.00. The Hall–Kier alpha value is -1.10. The molecule has 0 amide bonds. The fourth-order valence-corrected chi connectivity index (χ4v) is 4.64. The summed E-state index contributed by atoms with van der Waals surface area (Å²) in [5.41, 5.74) is 0. The lowest BCUT2D eigenvalue weighted by Gasteiger charge is -2.26. The molecule has 2 N–H and O–H groups in total. The minimum Gasteiger partial charge on any atom is -0.396 e. The van der Waals surface area contributed by atoms with Crippen molar-refractivity contribution in [2.45, 2.75) is 55.3 Å². The van der Waals surface area contributed by atoms with Gasteiger partial charge in [-0.1, -0.05) is 50.1 Å². The minimum atomic E-state index is -0.670. The summed E-state index contributed by atoms with van der Waals surface area (Å²) < 4.78 is 0. The molecule has 4 heteroatoms. The number of carbonyl (C=O) groups is 1. The third-order valence-corrected chi connectivity index (χ3v) is 5.91. The average Bonchev–Trinajstić information content (AvgIpc) is 2.87. The van der Waals surface area contributed by atoms with Crippen molar-refractivity contribution in [1.82, 2.24) is 0 Å². The first-order valence-corrected chi connectivity index (χ1v) is 9.75. The highest BCUT2D eigenvalue weighted by Crippen LogP contribution is 2.40. The number of hydrogen-bond donors (Lipinski definition) is 2. The maximum atomic E-state index is 12.0. The van der Waals surface area contributed by atoms with Crippen molar-refractivity contribution >= 4 is 17.5 Å². The SMILES string of the molecule is CCCCCC=CC(Sc1ccccc1)C1C(O)CC(=O)C1CO. The molecular weight excluding hydrogens is 320 g/mol. The molecule has 132 valence electrons. The van der Waals surface area contributed by atoms with Gasteiger partial charge in [-0.25, -0.2) is 0 Å². The van der Waals surface area contributed by atoms with Gasteiger partial charge in [0.25, 0.3) is 0 Å². The van der Waals surface area contributed by atoms with Crippen molar-refractivity contribution in [3.05, 3.63) is 42.5 Å². The molecule has 1 aliphatic carbocycles. The summed E-state index contributed by atoms with van der Waals surface area (Å²) in [5, 5.41) is 20.0. The molecule has 1 saturated carbocycles. The van der Waals surface area contributed by atoms with Crippen molar-refractivity contribution in [2.24, 2.45) is 11.8 Å². The molecule has 3 nitrogen and oxygen atoms in total. The van der Waals surface area contributed by atoms with Crippen molar-refractivity contribution in [3.63, 3.8) is 0 Å². The van der Waals surface area contributed by atoms with Gasteiger partial charge in [0.15, 0.2) is 0 Å². The Kier molecular flexibility index (Phi) is 8.03. The first-order valence-electron chi connectivity index (χ1n) is 8.87. The second kappa shape index (κ2) is 10.0. The molecule has 1 aliphatic rings. The molecule has 0 aromatic heterocycles. The van der Waals surface area contributed by atoms with E-state index >= 15 is 0 Å². The van der Waals surface area contributed by atoms with Gasteiger partial charge in [-0.15, -0.1) is 11.8 Å². The number of aliphatic hydroxyl groups excluding tert-OH is 2. The second-order valence-corrected chi connectivity index (χ2v) is 7.68. The third-order valence-electron chi connectivity index (χ3n) is 4.62. The second-order valence-electron chi connectivity index (χ2n) is 6.42. The van der Waals surface area contributed by atoms with Crippen LogP contribution >= 0.6 is 11.8 Å². The lowest BCUT2D eigenvalue weighted by Crippen LogP contribution is -2.31. The molecule has 0 radical (unpaired) electrons. The predicted molar refractivity (Wildman–Crippen MR) is 99.1 cm³/mol. The molecule has 0 aliphatic heterocycles. The van der Waals surface area contributed by atoms with E-state index in [0.717, 1.165) is 17.7 Å². The molecule has 1 fully saturated rings. The van der Waals surface area contributed by atoms with Crippen molar-refractivity contribution in [1.29, 1.82) is 0 Å². The maximum absolute atomic E-state index is 12.0. The molecule has 1 aromatic rings. The zero-order chi connectivity index (χ0) is 17.4. The molecular formula is C20H28O3S. The number of unbranched alkanes of at least 4 members (excludes halogenated alkanes) is 3. The Morgan fingerprint density at radius 1 is 1.29 bits per heavy atom. The summed E-state index contributed by atoms with van der Waals surface area (Å²) in [4.78, 5) is 13.2. The van der Waals surface area contributed by atoms with E-state index in [1.165, 1.54) is 12.8 Å². The highest BCUT2D eigenvalue weighted by Gasteiger charge is 2.44. The number of hydrogen-bond acceptors (Lipinski definition) is 4. The summed E-state index contributed by atoms with van der Waals surface area (Å²) in [6.07, 6.45) is 8.36. The zero-order valence-electron chi connectivity index (χ0n) is 14.3. The van der Waals surface area contributed by atoms with E-state index in [2.05, 4.69) is 19.1 Å². The van der Waals surface area contributed by atoms with E-state index in [9.17, 15) is 15.0 Å². The van der Waals surface area contributed by atoms with E-state index in [1.54, 1.807) is 11.8 Å². The van der Waals surface area contributed by atoms with Crippen LogP contribution in [0.15, 0.2) is 47.4 Å². The molecule has 0 heterocycles. The van der Waals surface area contributed by atoms with Crippen molar-refractivity contribution < 1.29 is 15.0 Å². The third kappa shape index (κ3) is 5.20. The van der Waals surface area contributed by atoms with Gasteiger partial charge in [0, 0.05) is 28.4 Å². The van der Waals surface area contributed by atoms with E-state index in [1.807, 2.05) is 30.3 Å². The van der Waals surface area contributed by atoms with Crippen LogP contribution in [0, 0.1) is 11.8 Å². The van der Waals surface area contributed by atoms with E-state index in [4.69, 9.17) is 0 Å². The summed E-state index contributed by atoms with van der Waals surface area (Å²) in [5.74, 6) is -0.704. The van der Waals surface area contributed by atoms with E-state index in [-0.39, 0.29) is 30.0 Å². The minimum absolute atomic E-state index is 0.00683. The molecule has 2 rings (SSSR count). The smallest absolute Gasteiger partial charge is 0.141 e. The van der Waals surface area contributed by atoms with Gasteiger partial charge in [0.2, 0.25) is 0 Å². The van der Waals surface area contributed by atoms with Gasteiger partial charge in [-0.3, -0.25) is 4.79 Å². The van der Waals surface area contributed by atoms with Gasteiger partial charge in [-0.05, 0) is 25.0 Å². The maximum Gasteiger partial charge on any atom is 0.141 e. The predicted octanol–water partition coefficient (Wildman–Crippen LogP) is 3.84. The summed E-state index contributed by atoms with van der Waals surface area (Å²) >= 11 is 1.66. The van der Waals surface area contributed by atoms with Gasteiger partial charge in [0.1, 0.15) is 5.78 Å². The lowest BCUT2D eigenvalue weighted by molar-refractivity contribution is -0.122. The quantitative estimate of drug-likeness (QED) is 0.404. The zero-order valence-corrected chi connectivity index (χ0v) is 15.1. The Morgan fingerprint density at radius 3 is 2.71 bits per heavy atom. The van der Waals surface area contributed by atoms with Gasteiger partial charge in [0.05, 0.1) is 12.7 Å². The number of aliphatic hydroxyl groups is 2. The molecule has 24 heavy (non-hydrogen) atoms. The Labute approximate surface area is 149 Å². The summed E-state index contributed by atoms with van der Waals surface area (Å²) in [6, 6.07) is 10.0. The molecule has 0 spiro atoms. The average molecular weight is 349 g/mol. The number of allylic oxidation sites excluding steroid dienone is 1. The normalized spacial score (nSPS) is 25.5. The van der Waals surface area contributed by atoms with Crippen LogP contribution in [0.3, 0.4) is 0 Å². The van der Waals surface area contributed by atoms with E-state index in [0.29, 0.717) is 0 Å². The number of ketones is 1. The topological polar surface area (TPSA) is 57.5 Å². The molecule has 0 saturated heterocycles. The van der Waals surface area contributed by atoms with Crippen LogP contribution in [0.1, 0.15) is 39.0 Å². The van der Waals surface area contributed by atoms with E-state index < -0.39 is 12.0 Å². The van der Waals surface area contributed by atoms with Crippen LogP contribution in [0.4, 0.5) is 0 Å². The lowest BCUT2D eigenvalue weighted by atomic mass is 9.91.